The lowest BCUT2D eigenvalue weighted by Gasteiger charge is -2.46. The zero-order valence-electron chi connectivity index (χ0n) is 22.6. The van der Waals surface area contributed by atoms with Crippen molar-refractivity contribution in [2.45, 2.75) is 63.6 Å². The van der Waals surface area contributed by atoms with Gasteiger partial charge in [-0.15, -0.1) is 0 Å². The van der Waals surface area contributed by atoms with E-state index in [0.29, 0.717) is 12.1 Å². The normalized spacial score (nSPS) is 18.6. The number of anilines is 3. The molecule has 1 aliphatic rings. The van der Waals surface area contributed by atoms with Crippen LogP contribution in [0.4, 0.5) is 31.0 Å². The molecule has 0 aliphatic heterocycles. The third kappa shape index (κ3) is 6.25. The maximum Gasteiger partial charge on any atom is 0.410 e. The predicted octanol–water partition coefficient (Wildman–Crippen LogP) is 5.14. The number of hydrogen-bond donors (Lipinski definition) is 1. The standard InChI is InChI=1S/C27H32F2N8O2/c1-26(2,3)39-25(38)35(4)21-11-7-12-27(28,29)22(21)36(5)24-31-17-18(16-30)23(34-24)33-19-9-6-10-20(15-19)37-14-8-13-32-37/h6,8-10,13-15,17,21-22H,7,11-12H2,1-5H3,(H,31,33,34). The maximum atomic E-state index is 15.4. The summed E-state index contributed by atoms with van der Waals surface area (Å²) in [6.07, 6.45) is 4.37. The van der Waals surface area contributed by atoms with Gasteiger partial charge in [-0.05, 0) is 57.9 Å². The fourth-order valence-electron chi connectivity index (χ4n) is 4.68. The SMILES string of the molecule is CN(C(=O)OC(C)(C)C)C1CCCC(F)(F)C1N(C)c1ncc(C#N)c(Nc2cccc(-n3cccn3)c2)n1. The summed E-state index contributed by atoms with van der Waals surface area (Å²) in [6.45, 7) is 5.17. The Morgan fingerprint density at radius 2 is 2.05 bits per heavy atom. The Balaban J connectivity index is 1.64. The number of likely N-dealkylation sites (N-methyl/N-ethyl adjacent to an activating group) is 2. The molecule has 2 aromatic heterocycles. The van der Waals surface area contributed by atoms with E-state index >= 15 is 8.78 Å². The summed E-state index contributed by atoms with van der Waals surface area (Å²) in [5.41, 5.74) is 0.784. The number of nitrogens with zero attached hydrogens (tertiary/aromatic N) is 7. The van der Waals surface area contributed by atoms with Crippen molar-refractivity contribution in [1.82, 2.24) is 24.6 Å². The molecule has 10 nitrogen and oxygen atoms in total. The highest BCUT2D eigenvalue weighted by Crippen LogP contribution is 2.40. The lowest BCUT2D eigenvalue weighted by Crippen LogP contribution is -2.62. The quantitative estimate of drug-likeness (QED) is 0.459. The topological polar surface area (TPSA) is 112 Å². The molecule has 2 atom stereocenters. The molecule has 1 saturated carbocycles. The van der Waals surface area contributed by atoms with Crippen LogP contribution in [-0.4, -0.2) is 68.4 Å². The lowest BCUT2D eigenvalue weighted by atomic mass is 9.85. The van der Waals surface area contributed by atoms with E-state index in [1.54, 1.807) is 50.0 Å². The zero-order chi connectivity index (χ0) is 28.4. The Morgan fingerprint density at radius 1 is 1.28 bits per heavy atom. The van der Waals surface area contributed by atoms with Gasteiger partial charge in [0.15, 0.2) is 5.82 Å². The summed E-state index contributed by atoms with van der Waals surface area (Å²) in [5.74, 6) is -2.96. The predicted molar refractivity (Wildman–Crippen MR) is 142 cm³/mol. The fraction of sp³-hybridized carbons (Fsp3) is 0.444. The van der Waals surface area contributed by atoms with Crippen molar-refractivity contribution in [2.24, 2.45) is 0 Å². The van der Waals surface area contributed by atoms with Gasteiger partial charge in [0, 0.05) is 38.6 Å². The lowest BCUT2D eigenvalue weighted by molar-refractivity contribution is -0.0813. The van der Waals surface area contributed by atoms with Crippen molar-refractivity contribution in [1.29, 1.82) is 5.26 Å². The molecule has 1 aromatic carbocycles. The van der Waals surface area contributed by atoms with Crippen molar-refractivity contribution < 1.29 is 18.3 Å². The van der Waals surface area contributed by atoms with Crippen LogP contribution >= 0.6 is 0 Å². The van der Waals surface area contributed by atoms with Crippen LogP contribution in [0.15, 0.2) is 48.9 Å². The summed E-state index contributed by atoms with van der Waals surface area (Å²) in [5, 5.41) is 17.0. The molecule has 2 heterocycles. The van der Waals surface area contributed by atoms with Gasteiger partial charge in [-0.2, -0.15) is 15.3 Å². The first-order valence-corrected chi connectivity index (χ1v) is 12.6. The fourth-order valence-corrected chi connectivity index (χ4v) is 4.68. The molecule has 1 amide bonds. The van der Waals surface area contributed by atoms with Gasteiger partial charge in [0.1, 0.15) is 23.3 Å². The number of carbonyl (C=O) groups is 1. The third-order valence-electron chi connectivity index (χ3n) is 6.49. The Kier molecular flexibility index (Phi) is 7.72. The zero-order valence-corrected chi connectivity index (χ0v) is 22.6. The van der Waals surface area contributed by atoms with Crippen LogP contribution in [0.25, 0.3) is 5.69 Å². The maximum absolute atomic E-state index is 15.4. The second-order valence-corrected chi connectivity index (χ2v) is 10.5. The molecule has 0 spiro atoms. The molecule has 1 fully saturated rings. The van der Waals surface area contributed by atoms with E-state index in [1.165, 1.54) is 30.1 Å². The van der Waals surface area contributed by atoms with E-state index in [1.807, 2.05) is 24.3 Å². The molecule has 39 heavy (non-hydrogen) atoms. The van der Waals surface area contributed by atoms with Gasteiger partial charge in [-0.3, -0.25) is 0 Å². The van der Waals surface area contributed by atoms with Gasteiger partial charge < -0.3 is 19.9 Å². The van der Waals surface area contributed by atoms with Crippen LogP contribution < -0.4 is 10.2 Å². The van der Waals surface area contributed by atoms with E-state index in [-0.39, 0.29) is 30.2 Å². The van der Waals surface area contributed by atoms with Gasteiger partial charge in [0.2, 0.25) is 5.95 Å². The number of hydrogen-bond acceptors (Lipinski definition) is 8. The van der Waals surface area contributed by atoms with E-state index in [9.17, 15) is 10.1 Å². The molecule has 0 radical (unpaired) electrons. The van der Waals surface area contributed by atoms with Crippen LogP contribution in [0.1, 0.15) is 45.6 Å². The molecule has 206 valence electrons. The number of nitriles is 1. The van der Waals surface area contributed by atoms with Gasteiger partial charge in [0.05, 0.1) is 17.9 Å². The van der Waals surface area contributed by atoms with E-state index in [2.05, 4.69) is 20.4 Å². The molecule has 1 aliphatic carbocycles. The molecule has 3 aromatic rings. The highest BCUT2D eigenvalue weighted by atomic mass is 19.3. The number of amides is 1. The first kappa shape index (κ1) is 27.8. The highest BCUT2D eigenvalue weighted by molar-refractivity contribution is 5.69. The van der Waals surface area contributed by atoms with Crippen LogP contribution in [0.3, 0.4) is 0 Å². The second kappa shape index (κ2) is 10.8. The smallest absolute Gasteiger partial charge is 0.410 e. The summed E-state index contributed by atoms with van der Waals surface area (Å²) >= 11 is 0. The van der Waals surface area contributed by atoms with Gasteiger partial charge >= 0.3 is 6.09 Å². The number of halogens is 2. The molecule has 0 bridgehead atoms. The van der Waals surface area contributed by atoms with E-state index < -0.39 is 29.7 Å². The molecule has 4 rings (SSSR count). The number of alkyl halides is 2. The minimum atomic E-state index is -3.13. The number of ether oxygens (including phenoxy) is 1. The van der Waals surface area contributed by atoms with E-state index in [4.69, 9.17) is 4.74 Å². The monoisotopic (exact) mass is 538 g/mol. The number of nitrogens with one attached hydrogen (secondary N) is 1. The van der Waals surface area contributed by atoms with Crippen molar-refractivity contribution >= 4 is 23.5 Å². The second-order valence-electron chi connectivity index (χ2n) is 10.5. The van der Waals surface area contributed by atoms with Crippen molar-refractivity contribution in [3.63, 3.8) is 0 Å². The molecule has 2 unspecified atom stereocenters. The van der Waals surface area contributed by atoms with Gasteiger partial charge in [-0.1, -0.05) is 6.07 Å². The first-order chi connectivity index (χ1) is 18.4. The van der Waals surface area contributed by atoms with Crippen LogP contribution in [0, 0.1) is 11.3 Å². The Bertz CT molecular complexity index is 1350. The number of aromatic nitrogens is 4. The van der Waals surface area contributed by atoms with Gasteiger partial charge in [-0.25, -0.2) is 23.2 Å². The van der Waals surface area contributed by atoms with E-state index in [0.717, 1.165) is 5.69 Å². The minimum Gasteiger partial charge on any atom is -0.444 e. The summed E-state index contributed by atoms with van der Waals surface area (Å²) < 4.78 is 38.0. The van der Waals surface area contributed by atoms with Crippen LogP contribution in [0.5, 0.6) is 0 Å². The molecule has 12 heteroatoms. The number of rotatable bonds is 6. The van der Waals surface area contributed by atoms with Crippen LogP contribution in [-0.2, 0) is 4.74 Å². The molecule has 0 saturated heterocycles. The third-order valence-corrected chi connectivity index (χ3v) is 6.49. The summed E-state index contributed by atoms with van der Waals surface area (Å²) in [7, 11) is 2.95. The average molecular weight is 539 g/mol. The Morgan fingerprint density at radius 3 is 2.72 bits per heavy atom. The number of carbonyl (C=O) groups excluding carboxylic acids is 1. The minimum absolute atomic E-state index is 0.00565. The Hall–Kier alpha value is -4.27. The summed E-state index contributed by atoms with van der Waals surface area (Å²) in [6, 6.07) is 8.88. The molecular weight excluding hydrogens is 506 g/mol. The molecule has 1 N–H and O–H groups in total. The van der Waals surface area contributed by atoms with Crippen molar-refractivity contribution in [3.05, 3.63) is 54.5 Å². The molecular formula is C27H32F2N8O2. The number of benzene rings is 1. The van der Waals surface area contributed by atoms with Crippen molar-refractivity contribution in [2.75, 3.05) is 24.3 Å². The average Bonchev–Trinajstić information content (AvgIpc) is 3.41. The largest absolute Gasteiger partial charge is 0.444 e. The van der Waals surface area contributed by atoms with Crippen LogP contribution in [0.2, 0.25) is 0 Å². The summed E-state index contributed by atoms with van der Waals surface area (Å²) in [4.78, 5) is 24.0. The van der Waals surface area contributed by atoms with Gasteiger partial charge in [0.25, 0.3) is 5.92 Å². The first-order valence-electron chi connectivity index (χ1n) is 12.6. The Labute approximate surface area is 226 Å². The highest BCUT2D eigenvalue weighted by Gasteiger charge is 2.52. The van der Waals surface area contributed by atoms with Crippen molar-refractivity contribution in [3.8, 4) is 11.8 Å².